The lowest BCUT2D eigenvalue weighted by molar-refractivity contribution is -0.152. The molecular weight excluding hydrogens is 258 g/mol. The van der Waals surface area contributed by atoms with Crippen LogP contribution in [-0.4, -0.2) is 44.8 Å². The number of carboxylic acid groups (broad SMARTS) is 1. The van der Waals surface area contributed by atoms with Gasteiger partial charge in [0.25, 0.3) is 5.91 Å². The topological polar surface area (TPSA) is 75.4 Å². The minimum Gasteiger partial charge on any atom is -0.481 e. The Morgan fingerprint density at radius 1 is 1.50 bits per heavy atom. The number of aryl methyl sites for hydroxylation is 2. The number of carbonyl (C=O) groups excluding carboxylic acids is 1. The molecule has 2 rings (SSSR count). The van der Waals surface area contributed by atoms with Crippen LogP contribution in [0.1, 0.15) is 42.2 Å². The minimum atomic E-state index is -0.805. The molecule has 0 radical (unpaired) electrons. The molecule has 1 atom stereocenters. The molecule has 1 aliphatic rings. The van der Waals surface area contributed by atoms with Crippen molar-refractivity contribution in [1.29, 1.82) is 0 Å². The molecule has 0 aromatic carbocycles. The van der Waals surface area contributed by atoms with E-state index in [-0.39, 0.29) is 12.5 Å². The number of likely N-dealkylation sites (tertiary alicyclic amines) is 1. The van der Waals surface area contributed by atoms with Gasteiger partial charge in [-0.05, 0) is 26.2 Å². The largest absolute Gasteiger partial charge is 0.481 e. The number of hydrogen-bond acceptors (Lipinski definition) is 3. The van der Waals surface area contributed by atoms with Crippen molar-refractivity contribution >= 4 is 11.9 Å². The molecule has 2 heterocycles. The number of aliphatic carboxylic acids is 1. The van der Waals surface area contributed by atoms with Gasteiger partial charge in [-0.1, -0.05) is 6.92 Å². The van der Waals surface area contributed by atoms with Gasteiger partial charge in [-0.2, -0.15) is 5.10 Å². The van der Waals surface area contributed by atoms with Crippen molar-refractivity contribution in [2.24, 2.45) is 12.5 Å². The maximum Gasteiger partial charge on any atom is 0.311 e. The Morgan fingerprint density at radius 2 is 2.20 bits per heavy atom. The van der Waals surface area contributed by atoms with Gasteiger partial charge in [0.15, 0.2) is 0 Å². The van der Waals surface area contributed by atoms with E-state index in [1.165, 1.54) is 0 Å². The van der Waals surface area contributed by atoms with Crippen molar-refractivity contribution in [3.8, 4) is 0 Å². The molecule has 0 bridgehead atoms. The summed E-state index contributed by atoms with van der Waals surface area (Å²) in [5.74, 6) is -0.921. The second kappa shape index (κ2) is 5.26. The van der Waals surface area contributed by atoms with Gasteiger partial charge in [-0.25, -0.2) is 0 Å². The number of rotatable bonds is 3. The van der Waals surface area contributed by atoms with Gasteiger partial charge in [0.1, 0.15) is 0 Å². The molecule has 0 aliphatic carbocycles. The van der Waals surface area contributed by atoms with E-state index in [9.17, 15) is 14.7 Å². The zero-order chi connectivity index (χ0) is 14.9. The monoisotopic (exact) mass is 279 g/mol. The molecule has 1 N–H and O–H groups in total. The van der Waals surface area contributed by atoms with E-state index < -0.39 is 11.4 Å². The molecule has 0 saturated carbocycles. The van der Waals surface area contributed by atoms with Crippen LogP contribution in [0.3, 0.4) is 0 Å². The third kappa shape index (κ3) is 2.42. The fourth-order valence-corrected chi connectivity index (χ4v) is 2.90. The van der Waals surface area contributed by atoms with Gasteiger partial charge in [0.05, 0.1) is 16.7 Å². The van der Waals surface area contributed by atoms with Crippen LogP contribution in [0.5, 0.6) is 0 Å². The SMILES string of the molecule is CCC1(C(=O)O)CCCN(C(=O)c2cn(C)nc2C)C1. The highest BCUT2D eigenvalue weighted by molar-refractivity contribution is 5.95. The summed E-state index contributed by atoms with van der Waals surface area (Å²) >= 11 is 0. The van der Waals surface area contributed by atoms with E-state index in [1.54, 1.807) is 29.7 Å². The maximum atomic E-state index is 12.5. The summed E-state index contributed by atoms with van der Waals surface area (Å²) in [5, 5.41) is 13.6. The molecule has 110 valence electrons. The molecule has 20 heavy (non-hydrogen) atoms. The Bertz CT molecular complexity index is 538. The van der Waals surface area contributed by atoms with Crippen LogP contribution in [0.2, 0.25) is 0 Å². The molecule has 0 spiro atoms. The van der Waals surface area contributed by atoms with E-state index >= 15 is 0 Å². The van der Waals surface area contributed by atoms with Crippen molar-refractivity contribution in [3.05, 3.63) is 17.5 Å². The zero-order valence-electron chi connectivity index (χ0n) is 12.2. The Hall–Kier alpha value is -1.85. The van der Waals surface area contributed by atoms with E-state index in [4.69, 9.17) is 0 Å². The van der Waals surface area contributed by atoms with Crippen molar-refractivity contribution in [2.75, 3.05) is 13.1 Å². The lowest BCUT2D eigenvalue weighted by Crippen LogP contribution is -2.49. The van der Waals surface area contributed by atoms with Crippen LogP contribution in [0.25, 0.3) is 0 Å². The first-order valence-corrected chi connectivity index (χ1v) is 6.92. The molecule has 1 amide bonds. The highest BCUT2D eigenvalue weighted by Gasteiger charge is 2.42. The van der Waals surface area contributed by atoms with Crippen LogP contribution in [0.4, 0.5) is 0 Å². The van der Waals surface area contributed by atoms with Crippen LogP contribution in [-0.2, 0) is 11.8 Å². The van der Waals surface area contributed by atoms with Crippen molar-refractivity contribution in [1.82, 2.24) is 14.7 Å². The number of aromatic nitrogens is 2. The second-order valence-electron chi connectivity index (χ2n) is 5.57. The fraction of sp³-hybridized carbons (Fsp3) is 0.643. The third-order valence-corrected chi connectivity index (χ3v) is 4.24. The second-order valence-corrected chi connectivity index (χ2v) is 5.57. The molecule has 1 unspecified atom stereocenters. The van der Waals surface area contributed by atoms with Gasteiger partial charge in [-0.3, -0.25) is 14.3 Å². The van der Waals surface area contributed by atoms with Crippen LogP contribution < -0.4 is 0 Å². The lowest BCUT2D eigenvalue weighted by atomic mass is 9.77. The number of carbonyl (C=O) groups is 2. The predicted molar refractivity (Wildman–Crippen MR) is 73.4 cm³/mol. The average Bonchev–Trinajstić information content (AvgIpc) is 2.76. The number of piperidine rings is 1. The highest BCUT2D eigenvalue weighted by atomic mass is 16.4. The van der Waals surface area contributed by atoms with Gasteiger partial charge in [-0.15, -0.1) is 0 Å². The van der Waals surface area contributed by atoms with Crippen molar-refractivity contribution in [2.45, 2.75) is 33.1 Å². The summed E-state index contributed by atoms with van der Waals surface area (Å²) in [6.07, 6.45) is 3.60. The van der Waals surface area contributed by atoms with Gasteiger partial charge in [0.2, 0.25) is 0 Å². The fourth-order valence-electron chi connectivity index (χ4n) is 2.90. The normalized spacial score (nSPS) is 22.9. The molecule has 1 fully saturated rings. The van der Waals surface area contributed by atoms with Gasteiger partial charge >= 0.3 is 5.97 Å². The summed E-state index contributed by atoms with van der Waals surface area (Å²) in [5.41, 5.74) is 0.439. The summed E-state index contributed by atoms with van der Waals surface area (Å²) < 4.78 is 1.61. The first-order chi connectivity index (χ1) is 9.39. The Labute approximate surface area is 118 Å². The molecule has 1 aromatic heterocycles. The van der Waals surface area contributed by atoms with E-state index in [2.05, 4.69) is 5.10 Å². The molecule has 1 saturated heterocycles. The summed E-state index contributed by atoms with van der Waals surface area (Å²) in [6.45, 7) is 4.56. The summed E-state index contributed by atoms with van der Waals surface area (Å²) in [4.78, 5) is 25.7. The lowest BCUT2D eigenvalue weighted by Gasteiger charge is -2.39. The molecular formula is C14H21N3O3. The Kier molecular flexibility index (Phi) is 3.83. The highest BCUT2D eigenvalue weighted by Crippen LogP contribution is 2.34. The van der Waals surface area contributed by atoms with Crippen LogP contribution in [0.15, 0.2) is 6.20 Å². The molecule has 1 aromatic rings. The van der Waals surface area contributed by atoms with Crippen LogP contribution in [0, 0.1) is 12.3 Å². The quantitative estimate of drug-likeness (QED) is 0.908. The van der Waals surface area contributed by atoms with E-state index in [1.807, 2.05) is 6.92 Å². The maximum absolute atomic E-state index is 12.5. The standard InChI is InChI=1S/C14H21N3O3/c1-4-14(13(19)20)6-5-7-17(9-14)12(18)11-8-16(3)15-10(11)2/h8H,4-7,9H2,1-3H3,(H,19,20). The first-order valence-electron chi connectivity index (χ1n) is 6.92. The molecule has 6 nitrogen and oxygen atoms in total. The molecule has 1 aliphatic heterocycles. The van der Waals surface area contributed by atoms with E-state index in [0.717, 1.165) is 6.42 Å². The molecule has 6 heteroatoms. The smallest absolute Gasteiger partial charge is 0.311 e. The average molecular weight is 279 g/mol. The zero-order valence-corrected chi connectivity index (χ0v) is 12.2. The van der Waals surface area contributed by atoms with E-state index in [0.29, 0.717) is 30.6 Å². The summed E-state index contributed by atoms with van der Waals surface area (Å²) in [7, 11) is 1.77. The van der Waals surface area contributed by atoms with Gasteiger partial charge in [0, 0.05) is 26.3 Å². The minimum absolute atomic E-state index is 0.116. The van der Waals surface area contributed by atoms with Crippen molar-refractivity contribution < 1.29 is 14.7 Å². The Balaban J connectivity index is 2.23. The van der Waals surface area contributed by atoms with Crippen LogP contribution >= 0.6 is 0 Å². The van der Waals surface area contributed by atoms with Gasteiger partial charge < -0.3 is 10.0 Å². The Morgan fingerprint density at radius 3 is 2.70 bits per heavy atom. The summed E-state index contributed by atoms with van der Waals surface area (Å²) in [6, 6.07) is 0. The third-order valence-electron chi connectivity index (χ3n) is 4.24. The number of carboxylic acids is 1. The number of nitrogens with zero attached hydrogens (tertiary/aromatic N) is 3. The number of hydrogen-bond donors (Lipinski definition) is 1. The first kappa shape index (κ1) is 14.6. The predicted octanol–water partition coefficient (Wildman–Crippen LogP) is 1.45. The van der Waals surface area contributed by atoms with Crippen molar-refractivity contribution in [3.63, 3.8) is 0 Å². The number of amides is 1.